The van der Waals surface area contributed by atoms with Gasteiger partial charge in [-0.15, -0.1) is 0 Å². The van der Waals surface area contributed by atoms with Gasteiger partial charge in [0.1, 0.15) is 11.6 Å². The van der Waals surface area contributed by atoms with Crippen LogP contribution in [0.15, 0.2) is 28.5 Å². The predicted molar refractivity (Wildman–Crippen MR) is 55.0 cm³/mol. The normalized spacial score (nSPS) is 21.1. The Labute approximate surface area is 86.2 Å². The lowest BCUT2D eigenvalue weighted by Gasteiger charge is -2.12. The van der Waals surface area contributed by atoms with E-state index in [1.807, 2.05) is 0 Å². The molecular weight excluding hydrogens is 197 g/mol. The van der Waals surface area contributed by atoms with Crippen LogP contribution in [-0.4, -0.2) is 9.55 Å². The summed E-state index contributed by atoms with van der Waals surface area (Å²) in [5.41, 5.74) is 5.57. The molecule has 0 spiro atoms. The van der Waals surface area contributed by atoms with Gasteiger partial charge in [0.2, 0.25) is 0 Å². The lowest BCUT2D eigenvalue weighted by molar-refractivity contribution is 0.445. The lowest BCUT2D eigenvalue weighted by atomic mass is 10.2. The maximum Gasteiger partial charge on any atom is 0.350 e. The molecule has 0 amide bonds. The molecule has 0 saturated carbocycles. The molecular formula is C10H12FN3O. The van der Waals surface area contributed by atoms with Crippen molar-refractivity contribution >= 4 is 5.82 Å². The summed E-state index contributed by atoms with van der Waals surface area (Å²) in [6.07, 6.45) is 2.80. The molecule has 1 atom stereocenters. The average Bonchev–Trinajstić information content (AvgIpc) is 2.49. The molecule has 2 rings (SSSR count). The summed E-state index contributed by atoms with van der Waals surface area (Å²) in [7, 11) is 0. The largest absolute Gasteiger partial charge is 0.383 e. The Kier molecular flexibility index (Phi) is 2.30. The number of nitrogens with zero attached hydrogens (tertiary/aromatic N) is 2. The van der Waals surface area contributed by atoms with E-state index >= 15 is 0 Å². The zero-order valence-electron chi connectivity index (χ0n) is 8.40. The summed E-state index contributed by atoms with van der Waals surface area (Å²) in [5.74, 6) is -0.0565. The third-order valence-corrected chi connectivity index (χ3v) is 2.68. The Morgan fingerprint density at radius 3 is 2.93 bits per heavy atom. The summed E-state index contributed by atoms with van der Waals surface area (Å²) in [6, 6.07) is 1.01. The van der Waals surface area contributed by atoms with Crippen LogP contribution >= 0.6 is 0 Å². The van der Waals surface area contributed by atoms with Crippen LogP contribution in [0.5, 0.6) is 0 Å². The highest BCUT2D eigenvalue weighted by atomic mass is 19.1. The fourth-order valence-corrected chi connectivity index (χ4v) is 1.81. The third-order valence-electron chi connectivity index (χ3n) is 2.68. The van der Waals surface area contributed by atoms with Gasteiger partial charge in [0.25, 0.3) is 0 Å². The second-order valence-corrected chi connectivity index (χ2v) is 3.72. The molecule has 0 fully saturated rings. The lowest BCUT2D eigenvalue weighted by Crippen LogP contribution is -2.26. The second-order valence-electron chi connectivity index (χ2n) is 3.72. The van der Waals surface area contributed by atoms with Gasteiger partial charge in [0, 0.05) is 6.20 Å². The van der Waals surface area contributed by atoms with Crippen molar-refractivity contribution in [2.75, 3.05) is 5.73 Å². The van der Waals surface area contributed by atoms with Crippen LogP contribution in [0, 0.1) is 0 Å². The molecule has 0 bridgehead atoms. The fraction of sp³-hybridized carbons (Fsp3) is 0.400. The minimum Gasteiger partial charge on any atom is -0.383 e. The Morgan fingerprint density at radius 1 is 1.67 bits per heavy atom. The van der Waals surface area contributed by atoms with Crippen molar-refractivity contribution in [3.63, 3.8) is 0 Å². The van der Waals surface area contributed by atoms with Crippen molar-refractivity contribution < 1.29 is 4.39 Å². The van der Waals surface area contributed by atoms with Gasteiger partial charge in [-0.25, -0.2) is 9.18 Å². The number of aromatic nitrogens is 2. The topological polar surface area (TPSA) is 60.9 Å². The van der Waals surface area contributed by atoms with Gasteiger partial charge in [0.05, 0.1) is 6.04 Å². The van der Waals surface area contributed by atoms with Crippen LogP contribution in [-0.2, 0) is 0 Å². The zero-order chi connectivity index (χ0) is 11.0. The van der Waals surface area contributed by atoms with Crippen molar-refractivity contribution in [3.8, 4) is 0 Å². The number of nitrogen functional groups attached to an aromatic ring is 1. The summed E-state index contributed by atoms with van der Waals surface area (Å²) in [5, 5.41) is 0. The van der Waals surface area contributed by atoms with Crippen LogP contribution in [0.2, 0.25) is 0 Å². The number of nitrogens with two attached hydrogens (primary N) is 1. The quantitative estimate of drug-likeness (QED) is 0.760. The molecule has 4 nitrogen and oxygen atoms in total. The Morgan fingerprint density at radius 2 is 2.40 bits per heavy atom. The standard InChI is InChI=1S/C10H12FN3O/c1-6-2-3-7(9(6)11)14-5-4-8(12)13-10(14)15/h4-5,7H,2-3H2,1H3,(H2,12,13,15)/t7-/m0/s1. The summed E-state index contributed by atoms with van der Waals surface area (Å²) in [4.78, 5) is 15.0. The number of allylic oxidation sites excluding steroid dienone is 2. The number of rotatable bonds is 1. The van der Waals surface area contributed by atoms with E-state index < -0.39 is 11.7 Å². The van der Waals surface area contributed by atoms with E-state index in [-0.39, 0.29) is 11.6 Å². The van der Waals surface area contributed by atoms with E-state index in [9.17, 15) is 9.18 Å². The first-order chi connectivity index (χ1) is 7.09. The molecule has 0 saturated heterocycles. The van der Waals surface area contributed by atoms with Crippen LogP contribution in [0.25, 0.3) is 0 Å². The van der Waals surface area contributed by atoms with E-state index in [1.54, 1.807) is 6.92 Å². The molecule has 0 aromatic carbocycles. The maximum atomic E-state index is 13.6. The molecule has 0 radical (unpaired) electrons. The maximum absolute atomic E-state index is 13.6. The highest BCUT2D eigenvalue weighted by Crippen LogP contribution is 2.35. The van der Waals surface area contributed by atoms with Gasteiger partial charge in [0.15, 0.2) is 0 Å². The monoisotopic (exact) mass is 209 g/mol. The van der Waals surface area contributed by atoms with Gasteiger partial charge in [-0.2, -0.15) is 4.98 Å². The molecule has 1 aliphatic carbocycles. The average molecular weight is 209 g/mol. The van der Waals surface area contributed by atoms with Gasteiger partial charge < -0.3 is 5.73 Å². The summed E-state index contributed by atoms with van der Waals surface area (Å²) >= 11 is 0. The summed E-state index contributed by atoms with van der Waals surface area (Å²) < 4.78 is 14.9. The molecule has 0 unspecified atom stereocenters. The molecule has 80 valence electrons. The fourth-order valence-electron chi connectivity index (χ4n) is 1.81. The highest BCUT2D eigenvalue weighted by Gasteiger charge is 2.25. The first-order valence-corrected chi connectivity index (χ1v) is 4.79. The van der Waals surface area contributed by atoms with E-state index in [4.69, 9.17) is 5.73 Å². The van der Waals surface area contributed by atoms with Crippen LogP contribution in [0.4, 0.5) is 10.2 Å². The van der Waals surface area contributed by atoms with Crippen LogP contribution < -0.4 is 11.4 Å². The Bertz CT molecular complexity index is 478. The third kappa shape index (κ3) is 1.65. The number of halogens is 1. The molecule has 2 N–H and O–H groups in total. The van der Waals surface area contributed by atoms with Crippen molar-refractivity contribution in [2.45, 2.75) is 25.8 Å². The number of hydrogen-bond donors (Lipinski definition) is 1. The van der Waals surface area contributed by atoms with E-state index in [1.165, 1.54) is 16.8 Å². The van der Waals surface area contributed by atoms with Gasteiger partial charge in [-0.3, -0.25) is 4.57 Å². The highest BCUT2D eigenvalue weighted by molar-refractivity contribution is 5.25. The van der Waals surface area contributed by atoms with Gasteiger partial charge >= 0.3 is 5.69 Å². The van der Waals surface area contributed by atoms with Crippen LogP contribution in [0.1, 0.15) is 25.8 Å². The molecule has 5 heteroatoms. The molecule has 1 aliphatic rings. The zero-order valence-corrected chi connectivity index (χ0v) is 8.40. The van der Waals surface area contributed by atoms with Crippen molar-refractivity contribution in [3.05, 3.63) is 34.1 Å². The number of anilines is 1. The van der Waals surface area contributed by atoms with Crippen LogP contribution in [0.3, 0.4) is 0 Å². The SMILES string of the molecule is CC1=C(F)[C@@H](n2ccc(N)nc2=O)CC1. The van der Waals surface area contributed by atoms with Crippen molar-refractivity contribution in [1.82, 2.24) is 9.55 Å². The van der Waals surface area contributed by atoms with Crippen molar-refractivity contribution in [2.24, 2.45) is 0 Å². The Balaban J connectivity index is 2.44. The predicted octanol–water partition coefficient (Wildman–Crippen LogP) is 1.40. The smallest absolute Gasteiger partial charge is 0.350 e. The van der Waals surface area contributed by atoms with Gasteiger partial charge in [-0.05, 0) is 31.4 Å². The molecule has 1 aromatic heterocycles. The second kappa shape index (κ2) is 3.49. The van der Waals surface area contributed by atoms with Crippen molar-refractivity contribution in [1.29, 1.82) is 0 Å². The first-order valence-electron chi connectivity index (χ1n) is 4.79. The molecule has 1 heterocycles. The van der Waals surface area contributed by atoms with E-state index in [2.05, 4.69) is 4.98 Å². The molecule has 15 heavy (non-hydrogen) atoms. The van der Waals surface area contributed by atoms with E-state index in [0.29, 0.717) is 18.4 Å². The number of hydrogen-bond acceptors (Lipinski definition) is 3. The van der Waals surface area contributed by atoms with E-state index in [0.717, 1.165) is 0 Å². The molecule has 1 aromatic rings. The minimum absolute atomic E-state index is 0.162. The first kappa shape index (κ1) is 9.89. The molecule has 0 aliphatic heterocycles. The summed E-state index contributed by atoms with van der Waals surface area (Å²) in [6.45, 7) is 1.74. The minimum atomic E-state index is -0.496. The Hall–Kier alpha value is -1.65. The van der Waals surface area contributed by atoms with Gasteiger partial charge in [-0.1, -0.05) is 0 Å².